The van der Waals surface area contributed by atoms with Crippen LogP contribution in [0.3, 0.4) is 0 Å². The Morgan fingerprint density at radius 1 is 1.36 bits per heavy atom. The first kappa shape index (κ1) is 17.5. The maximum atomic E-state index is 12.3. The Bertz CT molecular complexity index is 769. The molecule has 7 nitrogen and oxygen atoms in total. The third kappa shape index (κ3) is 4.04. The van der Waals surface area contributed by atoms with E-state index in [2.05, 4.69) is 32.3 Å². The second kappa shape index (κ2) is 7.31. The molecule has 0 spiro atoms. The number of carbonyl (C=O) groups excluding carboxylic acids is 1. The highest BCUT2D eigenvalue weighted by Gasteiger charge is 2.26. The lowest BCUT2D eigenvalue weighted by molar-refractivity contribution is -0.122. The molecule has 3 rings (SSSR count). The lowest BCUT2D eigenvalue weighted by Gasteiger charge is -2.21. The van der Waals surface area contributed by atoms with E-state index < -0.39 is 0 Å². The van der Waals surface area contributed by atoms with Crippen molar-refractivity contribution in [1.82, 2.24) is 30.0 Å². The first-order chi connectivity index (χ1) is 11.9. The number of likely N-dealkylation sites (tertiary alicyclic amines) is 1. The molecule has 0 unspecified atom stereocenters. The van der Waals surface area contributed by atoms with Crippen LogP contribution in [0.5, 0.6) is 0 Å². The van der Waals surface area contributed by atoms with Crippen molar-refractivity contribution in [2.24, 2.45) is 0 Å². The Hall–Kier alpha value is -2.28. The van der Waals surface area contributed by atoms with Gasteiger partial charge in [-0.1, -0.05) is 0 Å². The van der Waals surface area contributed by atoms with Crippen LogP contribution in [0, 0.1) is 20.8 Å². The molecule has 1 atom stereocenters. The van der Waals surface area contributed by atoms with Gasteiger partial charge in [-0.15, -0.1) is 0 Å². The third-order valence-electron chi connectivity index (χ3n) is 4.73. The van der Waals surface area contributed by atoms with E-state index in [1.807, 2.05) is 33.0 Å². The van der Waals surface area contributed by atoms with Crippen LogP contribution in [0.1, 0.15) is 47.4 Å². The number of hydrogen-bond donors (Lipinski definition) is 1. The fraction of sp³-hybridized carbons (Fsp3) is 0.556. The molecule has 0 aliphatic carbocycles. The average molecular weight is 342 g/mol. The Balaban J connectivity index is 1.68. The fourth-order valence-corrected chi connectivity index (χ4v) is 3.41. The molecule has 1 amide bonds. The van der Waals surface area contributed by atoms with Crippen molar-refractivity contribution in [3.8, 4) is 0 Å². The average Bonchev–Trinajstić information content (AvgIpc) is 3.11. The molecule has 7 heteroatoms. The molecule has 0 radical (unpaired) electrons. The summed E-state index contributed by atoms with van der Waals surface area (Å²) in [6, 6.07) is 2.28. The van der Waals surface area contributed by atoms with Crippen molar-refractivity contribution in [3.05, 3.63) is 40.7 Å². The van der Waals surface area contributed by atoms with Crippen LogP contribution >= 0.6 is 0 Å². The van der Waals surface area contributed by atoms with Crippen LogP contribution in [0.4, 0.5) is 0 Å². The summed E-state index contributed by atoms with van der Waals surface area (Å²) < 4.78 is 1.72. The zero-order valence-corrected chi connectivity index (χ0v) is 15.4. The highest BCUT2D eigenvalue weighted by atomic mass is 16.2. The highest BCUT2D eigenvalue weighted by Crippen LogP contribution is 2.30. The maximum absolute atomic E-state index is 12.3. The number of nitrogens with one attached hydrogen (secondary N) is 1. The number of aryl methyl sites for hydroxylation is 3. The van der Waals surface area contributed by atoms with Gasteiger partial charge in [0.1, 0.15) is 12.4 Å². The lowest BCUT2D eigenvalue weighted by Crippen LogP contribution is -2.29. The summed E-state index contributed by atoms with van der Waals surface area (Å²) >= 11 is 0. The molecule has 1 saturated heterocycles. The van der Waals surface area contributed by atoms with Gasteiger partial charge in [0, 0.05) is 24.0 Å². The fourth-order valence-electron chi connectivity index (χ4n) is 3.41. The number of nitrogens with zero attached hydrogens (tertiary/aromatic N) is 5. The van der Waals surface area contributed by atoms with E-state index in [1.165, 1.54) is 6.42 Å². The van der Waals surface area contributed by atoms with Gasteiger partial charge in [0.2, 0.25) is 5.91 Å². The highest BCUT2D eigenvalue weighted by molar-refractivity contribution is 5.75. The SMILES string of the molecule is Cc1cc(C)n(CC(=O)NCc2cnc(C)nc2[C@@H]2CCCN2C)n1. The molecule has 3 heterocycles. The summed E-state index contributed by atoms with van der Waals surface area (Å²) in [5.41, 5.74) is 3.94. The summed E-state index contributed by atoms with van der Waals surface area (Å²) in [7, 11) is 2.13. The standard InChI is InChI=1S/C18H26N6O/c1-12-8-13(2)24(22-12)11-17(25)20-10-15-9-19-14(3)21-18(15)16-6-5-7-23(16)4/h8-9,16H,5-7,10-11H2,1-4H3,(H,20,25)/t16-/m0/s1. The second-order valence-electron chi connectivity index (χ2n) is 6.83. The topological polar surface area (TPSA) is 75.9 Å². The Labute approximate surface area is 148 Å². The summed E-state index contributed by atoms with van der Waals surface area (Å²) in [4.78, 5) is 23.6. The second-order valence-corrected chi connectivity index (χ2v) is 6.83. The Morgan fingerprint density at radius 3 is 2.80 bits per heavy atom. The number of rotatable bonds is 5. The van der Waals surface area contributed by atoms with Gasteiger partial charge < -0.3 is 5.32 Å². The first-order valence-electron chi connectivity index (χ1n) is 8.74. The summed E-state index contributed by atoms with van der Waals surface area (Å²) in [6.07, 6.45) is 4.11. The van der Waals surface area contributed by atoms with Gasteiger partial charge in [0.25, 0.3) is 0 Å². The monoisotopic (exact) mass is 342 g/mol. The molecule has 0 aromatic carbocycles. The normalized spacial score (nSPS) is 17.8. The largest absolute Gasteiger partial charge is 0.350 e. The van der Waals surface area contributed by atoms with Crippen LogP contribution in [-0.2, 0) is 17.9 Å². The van der Waals surface area contributed by atoms with Gasteiger partial charge in [0.05, 0.1) is 17.4 Å². The molecule has 1 aliphatic rings. The molecule has 2 aromatic heterocycles. The van der Waals surface area contributed by atoms with E-state index in [9.17, 15) is 4.79 Å². The van der Waals surface area contributed by atoms with Crippen molar-refractivity contribution in [1.29, 1.82) is 0 Å². The summed E-state index contributed by atoms with van der Waals surface area (Å²) in [6.45, 7) is 7.54. The number of aromatic nitrogens is 4. The molecular formula is C18H26N6O. The molecule has 1 aliphatic heterocycles. The Kier molecular flexibility index (Phi) is 5.13. The maximum Gasteiger partial charge on any atom is 0.242 e. The zero-order chi connectivity index (χ0) is 18.0. The van der Waals surface area contributed by atoms with E-state index in [0.29, 0.717) is 12.6 Å². The molecule has 2 aromatic rings. The van der Waals surface area contributed by atoms with Crippen LogP contribution in [-0.4, -0.2) is 44.1 Å². The van der Waals surface area contributed by atoms with E-state index in [4.69, 9.17) is 0 Å². The summed E-state index contributed by atoms with van der Waals surface area (Å²) in [5.74, 6) is 0.713. The van der Waals surface area contributed by atoms with Gasteiger partial charge in [-0.3, -0.25) is 14.4 Å². The number of carbonyl (C=O) groups is 1. The predicted octanol–water partition coefficient (Wildman–Crippen LogP) is 1.68. The molecule has 134 valence electrons. The van der Waals surface area contributed by atoms with Crippen LogP contribution in [0.25, 0.3) is 0 Å². The third-order valence-corrected chi connectivity index (χ3v) is 4.73. The van der Waals surface area contributed by atoms with Crippen LogP contribution in [0.15, 0.2) is 12.3 Å². The quantitative estimate of drug-likeness (QED) is 0.895. The smallest absolute Gasteiger partial charge is 0.242 e. The van der Waals surface area contributed by atoms with Crippen molar-refractivity contribution in [3.63, 3.8) is 0 Å². The minimum Gasteiger partial charge on any atom is -0.350 e. The van der Waals surface area contributed by atoms with Gasteiger partial charge in [-0.2, -0.15) is 5.10 Å². The van der Waals surface area contributed by atoms with Crippen molar-refractivity contribution < 1.29 is 4.79 Å². The van der Waals surface area contributed by atoms with Crippen molar-refractivity contribution in [2.45, 2.75) is 52.7 Å². The number of hydrogen-bond acceptors (Lipinski definition) is 5. The van der Waals surface area contributed by atoms with E-state index in [-0.39, 0.29) is 12.5 Å². The molecule has 0 bridgehead atoms. The van der Waals surface area contributed by atoms with Crippen LogP contribution < -0.4 is 5.32 Å². The number of amides is 1. The van der Waals surface area contributed by atoms with Gasteiger partial charge in [-0.05, 0) is 53.3 Å². The first-order valence-corrected chi connectivity index (χ1v) is 8.74. The summed E-state index contributed by atoms with van der Waals surface area (Å²) in [5, 5.41) is 7.32. The van der Waals surface area contributed by atoms with E-state index in [0.717, 1.165) is 41.4 Å². The van der Waals surface area contributed by atoms with Crippen molar-refractivity contribution >= 4 is 5.91 Å². The molecular weight excluding hydrogens is 316 g/mol. The van der Waals surface area contributed by atoms with Gasteiger partial charge in [-0.25, -0.2) is 9.97 Å². The lowest BCUT2D eigenvalue weighted by atomic mass is 10.1. The molecule has 1 fully saturated rings. The van der Waals surface area contributed by atoms with Gasteiger partial charge >= 0.3 is 0 Å². The molecule has 1 N–H and O–H groups in total. The van der Waals surface area contributed by atoms with Gasteiger partial charge in [0.15, 0.2) is 0 Å². The van der Waals surface area contributed by atoms with Crippen molar-refractivity contribution in [2.75, 3.05) is 13.6 Å². The van der Waals surface area contributed by atoms with Crippen LogP contribution in [0.2, 0.25) is 0 Å². The molecule has 25 heavy (non-hydrogen) atoms. The Morgan fingerprint density at radius 2 is 2.16 bits per heavy atom. The zero-order valence-electron chi connectivity index (χ0n) is 15.4. The molecule has 0 saturated carbocycles. The minimum absolute atomic E-state index is 0.0579. The minimum atomic E-state index is -0.0579. The van der Waals surface area contributed by atoms with E-state index in [1.54, 1.807) is 4.68 Å². The van der Waals surface area contributed by atoms with E-state index >= 15 is 0 Å². The predicted molar refractivity (Wildman–Crippen MR) is 94.9 cm³/mol.